The standard InChI is InChI=1S/C22H17F2N3O2S/c1-13-6-9-20(25-11-13)27-21(29)16-4-2-3-5-18(16)26-22(27)30-12-19(28)15-8-7-14(23)10-17(15)24/h2-11,19,28H,12H2,1H3/t19-/m0/s1. The van der Waals surface area contributed by atoms with Gasteiger partial charge in [0.1, 0.15) is 17.5 Å². The SMILES string of the molecule is Cc1ccc(-n2c(SC[C@H](O)c3ccc(F)cc3F)nc3ccccc3c2=O)nc1. The van der Waals surface area contributed by atoms with Crippen LogP contribution in [0.25, 0.3) is 16.7 Å². The number of para-hydroxylation sites is 1. The lowest BCUT2D eigenvalue weighted by Crippen LogP contribution is -2.23. The van der Waals surface area contributed by atoms with Gasteiger partial charge >= 0.3 is 0 Å². The Hall–Kier alpha value is -3.10. The second-order valence-corrected chi connectivity index (χ2v) is 7.73. The van der Waals surface area contributed by atoms with E-state index in [1.165, 1.54) is 10.6 Å². The molecule has 2 aromatic carbocycles. The van der Waals surface area contributed by atoms with Crippen LogP contribution in [0.1, 0.15) is 17.2 Å². The maximum atomic E-state index is 14.0. The molecule has 0 aliphatic heterocycles. The molecule has 152 valence electrons. The molecule has 0 aliphatic rings. The van der Waals surface area contributed by atoms with Crippen LogP contribution in [-0.4, -0.2) is 25.4 Å². The topological polar surface area (TPSA) is 68.0 Å². The van der Waals surface area contributed by atoms with Gasteiger partial charge in [-0.3, -0.25) is 4.79 Å². The minimum atomic E-state index is -1.21. The summed E-state index contributed by atoms with van der Waals surface area (Å²) >= 11 is 1.09. The fourth-order valence-corrected chi connectivity index (χ4v) is 3.97. The third-order valence-corrected chi connectivity index (χ3v) is 5.58. The highest BCUT2D eigenvalue weighted by molar-refractivity contribution is 7.99. The number of rotatable bonds is 5. The number of aromatic nitrogens is 3. The Kier molecular flexibility index (Phi) is 5.61. The minimum absolute atomic E-state index is 0.0131. The van der Waals surface area contributed by atoms with Gasteiger partial charge in [0.2, 0.25) is 0 Å². The predicted molar refractivity (Wildman–Crippen MR) is 112 cm³/mol. The van der Waals surface area contributed by atoms with Crippen LogP contribution in [-0.2, 0) is 0 Å². The van der Waals surface area contributed by atoms with Crippen molar-refractivity contribution in [3.05, 3.63) is 93.9 Å². The van der Waals surface area contributed by atoms with E-state index < -0.39 is 17.7 Å². The Labute approximate surface area is 175 Å². The van der Waals surface area contributed by atoms with E-state index >= 15 is 0 Å². The molecule has 0 aliphatic carbocycles. The highest BCUT2D eigenvalue weighted by Gasteiger charge is 2.18. The van der Waals surface area contributed by atoms with Crippen LogP contribution in [0.15, 0.2) is 70.7 Å². The number of aliphatic hydroxyl groups is 1. The number of thioether (sulfide) groups is 1. The molecule has 4 rings (SSSR count). The van der Waals surface area contributed by atoms with Crippen molar-refractivity contribution in [3.63, 3.8) is 0 Å². The van der Waals surface area contributed by atoms with Crippen molar-refractivity contribution in [1.29, 1.82) is 0 Å². The predicted octanol–water partition coefficient (Wildman–Crippen LogP) is 4.19. The first kappa shape index (κ1) is 20.2. The van der Waals surface area contributed by atoms with E-state index in [0.717, 1.165) is 29.5 Å². The molecule has 0 amide bonds. The summed E-state index contributed by atoms with van der Waals surface area (Å²) in [4.78, 5) is 22.0. The van der Waals surface area contributed by atoms with Crippen LogP contribution >= 0.6 is 11.8 Å². The minimum Gasteiger partial charge on any atom is -0.387 e. The van der Waals surface area contributed by atoms with Crippen molar-refractivity contribution in [2.75, 3.05) is 5.75 Å². The number of hydrogen-bond acceptors (Lipinski definition) is 5. The zero-order chi connectivity index (χ0) is 21.3. The first-order chi connectivity index (χ1) is 14.4. The van der Waals surface area contributed by atoms with Crippen LogP contribution in [0.4, 0.5) is 8.78 Å². The van der Waals surface area contributed by atoms with Gasteiger partial charge in [0, 0.05) is 23.6 Å². The fraction of sp³-hybridized carbons (Fsp3) is 0.136. The third-order valence-electron chi connectivity index (χ3n) is 4.56. The molecular formula is C22H17F2N3O2S. The van der Waals surface area contributed by atoms with Crippen LogP contribution in [0, 0.1) is 18.6 Å². The smallest absolute Gasteiger partial charge is 0.267 e. The molecule has 1 atom stereocenters. The van der Waals surface area contributed by atoms with Gasteiger partial charge in [-0.05, 0) is 36.8 Å². The summed E-state index contributed by atoms with van der Waals surface area (Å²) in [6, 6.07) is 13.5. The summed E-state index contributed by atoms with van der Waals surface area (Å²) < 4.78 is 28.5. The molecule has 2 heterocycles. The molecule has 4 aromatic rings. The number of pyridine rings is 1. The van der Waals surface area contributed by atoms with E-state index in [9.17, 15) is 18.7 Å². The van der Waals surface area contributed by atoms with Gasteiger partial charge in [-0.2, -0.15) is 0 Å². The number of nitrogens with zero attached hydrogens (tertiary/aromatic N) is 3. The molecule has 0 saturated carbocycles. The second kappa shape index (κ2) is 8.33. The van der Waals surface area contributed by atoms with E-state index in [0.29, 0.717) is 21.9 Å². The van der Waals surface area contributed by atoms with Crippen molar-refractivity contribution in [2.24, 2.45) is 0 Å². The Bertz CT molecular complexity index is 1280. The molecule has 8 heteroatoms. The monoisotopic (exact) mass is 425 g/mol. The average molecular weight is 425 g/mol. The van der Waals surface area contributed by atoms with E-state index in [4.69, 9.17) is 0 Å². The van der Waals surface area contributed by atoms with Crippen molar-refractivity contribution in [2.45, 2.75) is 18.2 Å². The summed E-state index contributed by atoms with van der Waals surface area (Å²) in [5, 5.41) is 11.2. The van der Waals surface area contributed by atoms with Crippen LogP contribution in [0.5, 0.6) is 0 Å². The maximum Gasteiger partial charge on any atom is 0.267 e. The first-order valence-corrected chi connectivity index (χ1v) is 10.1. The van der Waals surface area contributed by atoms with Gasteiger partial charge in [-0.1, -0.05) is 36.0 Å². The number of fused-ring (bicyclic) bond motifs is 1. The second-order valence-electron chi connectivity index (χ2n) is 6.74. The highest BCUT2D eigenvalue weighted by Crippen LogP contribution is 2.27. The molecule has 1 N–H and O–H groups in total. The van der Waals surface area contributed by atoms with Gasteiger partial charge in [0.25, 0.3) is 5.56 Å². The molecule has 0 spiro atoms. The average Bonchev–Trinajstić information content (AvgIpc) is 2.73. The fourth-order valence-electron chi connectivity index (χ4n) is 3.02. The zero-order valence-electron chi connectivity index (χ0n) is 15.9. The largest absolute Gasteiger partial charge is 0.387 e. The van der Waals surface area contributed by atoms with E-state index in [1.807, 2.05) is 13.0 Å². The van der Waals surface area contributed by atoms with Crippen molar-refractivity contribution >= 4 is 22.7 Å². The van der Waals surface area contributed by atoms with E-state index in [1.54, 1.807) is 36.5 Å². The molecular weight excluding hydrogens is 408 g/mol. The van der Waals surface area contributed by atoms with Gasteiger partial charge in [-0.15, -0.1) is 0 Å². The molecule has 2 aromatic heterocycles. The Morgan fingerprint density at radius 3 is 2.67 bits per heavy atom. The molecule has 30 heavy (non-hydrogen) atoms. The third kappa shape index (κ3) is 3.96. The zero-order valence-corrected chi connectivity index (χ0v) is 16.7. The maximum absolute atomic E-state index is 14.0. The number of aliphatic hydroxyl groups excluding tert-OH is 1. The lowest BCUT2D eigenvalue weighted by Gasteiger charge is -2.15. The molecule has 0 fully saturated rings. The molecule has 5 nitrogen and oxygen atoms in total. The Morgan fingerprint density at radius 2 is 1.93 bits per heavy atom. The van der Waals surface area contributed by atoms with Gasteiger partial charge < -0.3 is 5.11 Å². The van der Waals surface area contributed by atoms with Gasteiger partial charge in [-0.25, -0.2) is 23.3 Å². The lowest BCUT2D eigenvalue weighted by molar-refractivity contribution is 0.198. The number of benzene rings is 2. The molecule has 0 bridgehead atoms. The summed E-state index contributed by atoms with van der Waals surface area (Å²) in [6.07, 6.45) is 0.437. The normalized spacial score (nSPS) is 12.3. The Balaban J connectivity index is 1.74. The quantitative estimate of drug-likeness (QED) is 0.384. The van der Waals surface area contributed by atoms with Crippen LogP contribution in [0.3, 0.4) is 0 Å². The van der Waals surface area contributed by atoms with Crippen LogP contribution < -0.4 is 5.56 Å². The van der Waals surface area contributed by atoms with E-state index in [2.05, 4.69) is 9.97 Å². The van der Waals surface area contributed by atoms with Crippen molar-refractivity contribution in [1.82, 2.24) is 14.5 Å². The van der Waals surface area contributed by atoms with Crippen LogP contribution in [0.2, 0.25) is 0 Å². The molecule has 0 saturated heterocycles. The first-order valence-electron chi connectivity index (χ1n) is 9.14. The number of hydrogen-bond donors (Lipinski definition) is 1. The summed E-state index contributed by atoms with van der Waals surface area (Å²) in [6.45, 7) is 1.89. The van der Waals surface area contributed by atoms with Crippen molar-refractivity contribution in [3.8, 4) is 5.82 Å². The van der Waals surface area contributed by atoms with Gasteiger partial charge in [0.05, 0.1) is 17.0 Å². The molecule has 0 unspecified atom stereocenters. The van der Waals surface area contributed by atoms with Gasteiger partial charge in [0.15, 0.2) is 5.16 Å². The summed E-state index contributed by atoms with van der Waals surface area (Å²) in [5.74, 6) is -1.13. The molecule has 0 radical (unpaired) electrons. The van der Waals surface area contributed by atoms with Crippen molar-refractivity contribution < 1.29 is 13.9 Å². The van der Waals surface area contributed by atoms with E-state index in [-0.39, 0.29) is 16.9 Å². The summed E-state index contributed by atoms with van der Waals surface area (Å²) in [5.41, 5.74) is 1.14. The number of halogens is 2. The Morgan fingerprint density at radius 1 is 1.13 bits per heavy atom. The summed E-state index contributed by atoms with van der Waals surface area (Å²) in [7, 11) is 0. The highest BCUT2D eigenvalue weighted by atomic mass is 32.2. The number of aryl methyl sites for hydroxylation is 1. The lowest BCUT2D eigenvalue weighted by atomic mass is 10.1.